The second kappa shape index (κ2) is 10.3. The Labute approximate surface area is 204 Å². The molecule has 1 N–H and O–H groups in total. The molecule has 0 atom stereocenters. The summed E-state index contributed by atoms with van der Waals surface area (Å²) in [7, 11) is -3.60. The zero-order valence-electron chi connectivity index (χ0n) is 17.9. The summed E-state index contributed by atoms with van der Waals surface area (Å²) in [5.74, 6) is -0.610. The number of halogens is 2. The van der Waals surface area contributed by atoms with Crippen molar-refractivity contribution in [3.05, 3.63) is 88.4 Å². The molecule has 0 aliphatic carbocycles. The summed E-state index contributed by atoms with van der Waals surface area (Å²) in [6.45, 7) is 0.561. The third kappa shape index (κ3) is 5.58. The number of carbonyl (C=O) groups is 1. The molecule has 8 heteroatoms. The van der Waals surface area contributed by atoms with Crippen molar-refractivity contribution in [2.45, 2.75) is 18.6 Å². The van der Waals surface area contributed by atoms with Gasteiger partial charge in [0.15, 0.2) is 0 Å². The molecule has 5 nitrogen and oxygen atoms in total. The Morgan fingerprint density at radius 1 is 0.879 bits per heavy atom. The van der Waals surface area contributed by atoms with E-state index in [4.69, 9.17) is 23.2 Å². The predicted octanol–water partition coefficient (Wildman–Crippen LogP) is 5.84. The predicted molar refractivity (Wildman–Crippen MR) is 134 cm³/mol. The third-order valence-corrected chi connectivity index (χ3v) is 8.39. The first-order chi connectivity index (χ1) is 15.8. The van der Waals surface area contributed by atoms with Crippen molar-refractivity contribution in [2.75, 3.05) is 18.4 Å². The molecular formula is C25H24Cl2N2O3S. The van der Waals surface area contributed by atoms with Crippen LogP contribution in [-0.4, -0.2) is 31.7 Å². The molecule has 0 saturated carbocycles. The number of rotatable bonds is 6. The van der Waals surface area contributed by atoms with Crippen molar-refractivity contribution >= 4 is 44.8 Å². The first-order valence-electron chi connectivity index (χ1n) is 10.7. The van der Waals surface area contributed by atoms with Gasteiger partial charge in [-0.25, -0.2) is 12.7 Å². The zero-order valence-corrected chi connectivity index (χ0v) is 20.2. The Kier molecular flexibility index (Phi) is 7.39. The van der Waals surface area contributed by atoms with Crippen LogP contribution < -0.4 is 5.32 Å². The number of hydrogen-bond donors (Lipinski definition) is 1. The third-order valence-electron chi connectivity index (χ3n) is 5.88. The number of anilines is 1. The van der Waals surface area contributed by atoms with Gasteiger partial charge in [0.2, 0.25) is 15.9 Å². The van der Waals surface area contributed by atoms with E-state index in [0.717, 1.165) is 16.8 Å². The van der Waals surface area contributed by atoms with Gasteiger partial charge in [-0.15, -0.1) is 0 Å². The number of piperidine rings is 1. The highest BCUT2D eigenvalue weighted by molar-refractivity contribution is 7.88. The second-order valence-electron chi connectivity index (χ2n) is 8.03. The average Bonchev–Trinajstić information content (AvgIpc) is 2.82. The molecule has 1 saturated heterocycles. The van der Waals surface area contributed by atoms with Crippen LogP contribution in [0.25, 0.3) is 11.1 Å². The molecule has 3 aromatic rings. The van der Waals surface area contributed by atoms with Gasteiger partial charge in [0.1, 0.15) is 0 Å². The van der Waals surface area contributed by atoms with E-state index in [1.807, 2.05) is 54.6 Å². The van der Waals surface area contributed by atoms with Crippen LogP contribution in [0.1, 0.15) is 18.4 Å². The van der Waals surface area contributed by atoms with Crippen molar-refractivity contribution in [1.29, 1.82) is 0 Å². The van der Waals surface area contributed by atoms with E-state index in [0.29, 0.717) is 28.5 Å². The summed E-state index contributed by atoms with van der Waals surface area (Å²) < 4.78 is 27.3. The van der Waals surface area contributed by atoms with Crippen LogP contribution in [-0.2, 0) is 20.6 Å². The van der Waals surface area contributed by atoms with Crippen LogP contribution in [0.15, 0.2) is 72.8 Å². The maximum absolute atomic E-state index is 13.0. The minimum Gasteiger partial charge on any atom is -0.325 e. The van der Waals surface area contributed by atoms with Crippen molar-refractivity contribution in [1.82, 2.24) is 4.31 Å². The van der Waals surface area contributed by atoms with E-state index in [-0.39, 0.29) is 30.7 Å². The van der Waals surface area contributed by atoms with Crippen LogP contribution in [0.4, 0.5) is 5.69 Å². The van der Waals surface area contributed by atoms with Crippen LogP contribution in [0.2, 0.25) is 10.0 Å². The summed E-state index contributed by atoms with van der Waals surface area (Å²) >= 11 is 12.3. The van der Waals surface area contributed by atoms with E-state index in [2.05, 4.69) is 5.32 Å². The SMILES string of the molecule is O=C(Nc1ccccc1-c1ccccc1)C1CCN(S(=O)(=O)Cc2c(Cl)cccc2Cl)CC1. The van der Waals surface area contributed by atoms with Crippen LogP contribution in [0.3, 0.4) is 0 Å². The Balaban J connectivity index is 1.40. The molecule has 0 aromatic heterocycles. The van der Waals surface area contributed by atoms with Crippen molar-refractivity contribution in [3.8, 4) is 11.1 Å². The molecule has 1 aliphatic rings. The number of benzene rings is 3. The zero-order chi connectivity index (χ0) is 23.4. The molecule has 1 heterocycles. The number of para-hydroxylation sites is 1. The largest absolute Gasteiger partial charge is 0.325 e. The lowest BCUT2D eigenvalue weighted by atomic mass is 9.96. The maximum Gasteiger partial charge on any atom is 0.227 e. The molecule has 0 bridgehead atoms. The van der Waals surface area contributed by atoms with Gasteiger partial charge in [-0.2, -0.15) is 0 Å². The number of hydrogen-bond acceptors (Lipinski definition) is 3. The minimum absolute atomic E-state index is 0.0930. The monoisotopic (exact) mass is 502 g/mol. The van der Waals surface area contributed by atoms with Crippen molar-refractivity contribution in [2.24, 2.45) is 5.92 Å². The Bertz CT molecular complexity index is 1220. The molecular weight excluding hydrogens is 479 g/mol. The van der Waals surface area contributed by atoms with E-state index >= 15 is 0 Å². The van der Waals surface area contributed by atoms with E-state index in [1.165, 1.54) is 4.31 Å². The van der Waals surface area contributed by atoms with Gasteiger partial charge in [-0.3, -0.25) is 4.79 Å². The van der Waals surface area contributed by atoms with Gasteiger partial charge in [-0.1, -0.05) is 77.8 Å². The fourth-order valence-electron chi connectivity index (χ4n) is 4.04. The normalized spacial score (nSPS) is 15.3. The number of nitrogens with one attached hydrogen (secondary N) is 1. The lowest BCUT2D eigenvalue weighted by molar-refractivity contribution is -0.120. The topological polar surface area (TPSA) is 66.5 Å². The molecule has 4 rings (SSSR count). The highest BCUT2D eigenvalue weighted by Crippen LogP contribution is 2.31. The Morgan fingerprint density at radius 3 is 2.15 bits per heavy atom. The standard InChI is InChI=1S/C25H24Cl2N2O3S/c26-22-10-6-11-23(27)21(22)17-33(31,32)29-15-13-19(14-16-29)25(30)28-24-12-5-4-9-20(24)18-7-2-1-3-8-18/h1-12,19H,13-17H2,(H,28,30). The molecule has 0 radical (unpaired) electrons. The smallest absolute Gasteiger partial charge is 0.227 e. The number of sulfonamides is 1. The minimum atomic E-state index is -3.60. The van der Waals surface area contributed by atoms with Crippen LogP contribution in [0.5, 0.6) is 0 Å². The molecule has 3 aromatic carbocycles. The molecule has 33 heavy (non-hydrogen) atoms. The van der Waals surface area contributed by atoms with Gasteiger partial charge in [0.25, 0.3) is 0 Å². The summed E-state index contributed by atoms with van der Waals surface area (Å²) in [5, 5.41) is 3.71. The number of carbonyl (C=O) groups excluding carboxylic acids is 1. The van der Waals surface area contributed by atoms with E-state index < -0.39 is 10.0 Å². The summed E-state index contributed by atoms with van der Waals surface area (Å²) in [6, 6.07) is 22.5. The van der Waals surface area contributed by atoms with E-state index in [9.17, 15) is 13.2 Å². The Morgan fingerprint density at radius 2 is 1.48 bits per heavy atom. The summed E-state index contributed by atoms with van der Waals surface area (Å²) in [5.41, 5.74) is 3.12. The van der Waals surface area contributed by atoms with E-state index in [1.54, 1.807) is 18.2 Å². The molecule has 0 spiro atoms. The van der Waals surface area contributed by atoms with Gasteiger partial charge in [0.05, 0.1) is 5.75 Å². The number of amides is 1. The van der Waals surface area contributed by atoms with Crippen LogP contribution >= 0.6 is 23.2 Å². The first-order valence-corrected chi connectivity index (χ1v) is 13.1. The van der Waals surface area contributed by atoms with Gasteiger partial charge in [-0.05, 0) is 36.6 Å². The van der Waals surface area contributed by atoms with Gasteiger partial charge in [0, 0.05) is 45.9 Å². The number of nitrogens with zero attached hydrogens (tertiary/aromatic N) is 1. The fraction of sp³-hybridized carbons (Fsp3) is 0.240. The quantitative estimate of drug-likeness (QED) is 0.460. The average molecular weight is 503 g/mol. The van der Waals surface area contributed by atoms with Crippen molar-refractivity contribution in [3.63, 3.8) is 0 Å². The highest BCUT2D eigenvalue weighted by Gasteiger charge is 2.32. The molecule has 1 fully saturated rings. The van der Waals surface area contributed by atoms with Gasteiger partial charge >= 0.3 is 0 Å². The Hall–Kier alpha value is -2.38. The van der Waals surface area contributed by atoms with Crippen molar-refractivity contribution < 1.29 is 13.2 Å². The maximum atomic E-state index is 13.0. The van der Waals surface area contributed by atoms with Gasteiger partial charge < -0.3 is 5.32 Å². The summed E-state index contributed by atoms with van der Waals surface area (Å²) in [4.78, 5) is 13.0. The molecule has 1 aliphatic heterocycles. The first kappa shape index (κ1) is 23.8. The molecule has 0 unspecified atom stereocenters. The molecule has 1 amide bonds. The fourth-order valence-corrected chi connectivity index (χ4v) is 6.35. The van der Waals surface area contributed by atoms with Crippen LogP contribution in [0, 0.1) is 5.92 Å². The lowest BCUT2D eigenvalue weighted by Gasteiger charge is -2.31. The summed E-state index contributed by atoms with van der Waals surface area (Å²) in [6.07, 6.45) is 0.906. The lowest BCUT2D eigenvalue weighted by Crippen LogP contribution is -2.42. The highest BCUT2D eigenvalue weighted by atomic mass is 35.5. The molecule has 172 valence electrons. The second-order valence-corrected chi connectivity index (χ2v) is 10.8.